The maximum atomic E-state index is 13.6. The minimum absolute atomic E-state index is 0.114. The molecule has 2 aromatic heterocycles. The predicted molar refractivity (Wildman–Crippen MR) is 227 cm³/mol. The largest absolute Gasteiger partial charge is 0.453 e. The molecule has 314 valence electrons. The lowest BCUT2D eigenvalue weighted by atomic mass is 9.98. The molecule has 0 saturated carbocycles. The molecule has 60 heavy (non-hydrogen) atoms. The Kier molecular flexibility index (Phi) is 13.5. The fourth-order valence-corrected chi connectivity index (χ4v) is 7.55. The summed E-state index contributed by atoms with van der Waals surface area (Å²) in [6.45, 7) is 10.1. The highest BCUT2D eigenvalue weighted by Crippen LogP contribution is 2.34. The van der Waals surface area contributed by atoms with Gasteiger partial charge in [0.1, 0.15) is 23.7 Å². The Morgan fingerprint density at radius 1 is 0.800 bits per heavy atom. The van der Waals surface area contributed by atoms with E-state index in [1.54, 1.807) is 29.1 Å². The van der Waals surface area contributed by atoms with Gasteiger partial charge in [0.15, 0.2) is 0 Å². The summed E-state index contributed by atoms with van der Waals surface area (Å²) in [4.78, 5) is 70.6. The number of carbonyl (C=O) groups excluding carboxylic acids is 4. The van der Waals surface area contributed by atoms with E-state index < -0.39 is 30.2 Å². The molecule has 0 aliphatic carbocycles. The first-order valence-corrected chi connectivity index (χ1v) is 20.2. The van der Waals surface area contributed by atoms with E-state index in [2.05, 4.69) is 80.2 Å². The van der Waals surface area contributed by atoms with Gasteiger partial charge in [-0.15, -0.1) is 0 Å². The Morgan fingerprint density at radius 2 is 1.37 bits per heavy atom. The molecule has 0 unspecified atom stereocenters. The molecule has 3 heterocycles. The van der Waals surface area contributed by atoms with Crippen molar-refractivity contribution in [3.8, 4) is 39.7 Å². The van der Waals surface area contributed by atoms with Crippen LogP contribution in [0, 0.1) is 29.1 Å². The molecule has 1 fully saturated rings. The molecule has 6 rings (SSSR count). The van der Waals surface area contributed by atoms with E-state index in [0.29, 0.717) is 18.2 Å². The molecule has 0 spiro atoms. The first-order chi connectivity index (χ1) is 28.8. The number of aromatic amines is 2. The number of H-pyrrole nitrogens is 2. The van der Waals surface area contributed by atoms with Crippen molar-refractivity contribution in [2.75, 3.05) is 27.3 Å². The van der Waals surface area contributed by atoms with Crippen LogP contribution in [0.15, 0.2) is 73.1 Å². The molecular formula is C45H53N9O6. The van der Waals surface area contributed by atoms with Crippen LogP contribution in [0.1, 0.15) is 65.2 Å². The fourth-order valence-electron chi connectivity index (χ4n) is 7.55. The zero-order chi connectivity index (χ0) is 43.1. The molecule has 15 nitrogen and oxygen atoms in total. The van der Waals surface area contributed by atoms with E-state index >= 15 is 0 Å². The SMILES string of the molecule is COC(=O)N[C@H](C(=O)N(Cc1ncc(-c2ccc(-c3ccc4cc(-c5cnc([C@@H]6CCCN6C(=O)[C@@H](NC(=O)OC)C(C)C)[nH]5)ccc4c3)cc2)[nH]1)C[C@@H](C)C#N)C(C)C. The van der Waals surface area contributed by atoms with Crippen molar-refractivity contribution in [1.29, 1.82) is 5.26 Å². The second kappa shape index (κ2) is 18.9. The van der Waals surface area contributed by atoms with Crippen LogP contribution in [0.3, 0.4) is 0 Å². The Balaban J connectivity index is 1.14. The van der Waals surface area contributed by atoms with Crippen LogP contribution in [0.5, 0.6) is 0 Å². The summed E-state index contributed by atoms with van der Waals surface area (Å²) >= 11 is 0. The molecular weight excluding hydrogens is 763 g/mol. The van der Waals surface area contributed by atoms with Gasteiger partial charge in [-0.2, -0.15) is 5.26 Å². The molecule has 4 N–H and O–H groups in total. The fraction of sp³-hybridized carbons (Fsp3) is 0.400. The van der Waals surface area contributed by atoms with Gasteiger partial charge < -0.3 is 39.9 Å². The Morgan fingerprint density at radius 3 is 2.00 bits per heavy atom. The van der Waals surface area contributed by atoms with E-state index in [4.69, 9.17) is 14.5 Å². The normalized spacial score (nSPS) is 15.3. The monoisotopic (exact) mass is 815 g/mol. The van der Waals surface area contributed by atoms with Crippen LogP contribution in [0.2, 0.25) is 0 Å². The van der Waals surface area contributed by atoms with Crippen LogP contribution in [0.4, 0.5) is 9.59 Å². The van der Waals surface area contributed by atoms with Gasteiger partial charge in [0.25, 0.3) is 0 Å². The third kappa shape index (κ3) is 9.77. The lowest BCUT2D eigenvalue weighted by molar-refractivity contribution is -0.136. The predicted octanol–water partition coefficient (Wildman–Crippen LogP) is 7.20. The number of amides is 4. The number of alkyl carbamates (subject to hydrolysis) is 2. The third-order valence-corrected chi connectivity index (χ3v) is 10.9. The second-order valence-corrected chi connectivity index (χ2v) is 15.9. The van der Waals surface area contributed by atoms with Crippen LogP contribution >= 0.6 is 0 Å². The van der Waals surface area contributed by atoms with Crippen LogP contribution in [-0.2, 0) is 25.6 Å². The summed E-state index contributed by atoms with van der Waals surface area (Å²) < 4.78 is 9.50. The number of carbonyl (C=O) groups is 4. The Hall–Kier alpha value is -6.69. The minimum atomic E-state index is -0.830. The van der Waals surface area contributed by atoms with Gasteiger partial charge in [0.2, 0.25) is 11.8 Å². The summed E-state index contributed by atoms with van der Waals surface area (Å²) in [5.74, 6) is 0.0397. The molecule has 15 heteroatoms. The molecule has 5 aromatic rings. The average molecular weight is 816 g/mol. The quantitative estimate of drug-likeness (QED) is 0.0895. The summed E-state index contributed by atoms with van der Waals surface area (Å²) in [7, 11) is 2.53. The van der Waals surface area contributed by atoms with Crippen molar-refractivity contribution in [1.82, 2.24) is 40.4 Å². The highest BCUT2D eigenvalue weighted by Gasteiger charge is 2.37. The molecule has 0 radical (unpaired) electrons. The minimum Gasteiger partial charge on any atom is -0.453 e. The van der Waals surface area contributed by atoms with E-state index in [1.165, 1.54) is 14.2 Å². The van der Waals surface area contributed by atoms with Gasteiger partial charge >= 0.3 is 12.2 Å². The first-order valence-electron chi connectivity index (χ1n) is 20.2. The van der Waals surface area contributed by atoms with Gasteiger partial charge in [-0.1, -0.05) is 76.2 Å². The Labute approximate surface area is 349 Å². The summed E-state index contributed by atoms with van der Waals surface area (Å²) in [5.41, 5.74) is 5.63. The number of hydrogen-bond acceptors (Lipinski definition) is 9. The number of fused-ring (bicyclic) bond motifs is 1. The van der Waals surface area contributed by atoms with E-state index in [0.717, 1.165) is 57.3 Å². The highest BCUT2D eigenvalue weighted by atomic mass is 16.5. The number of hydrogen-bond donors (Lipinski definition) is 4. The highest BCUT2D eigenvalue weighted by molar-refractivity contribution is 5.91. The molecule has 0 bridgehead atoms. The zero-order valence-corrected chi connectivity index (χ0v) is 35.1. The molecule has 1 saturated heterocycles. The maximum Gasteiger partial charge on any atom is 0.407 e. The molecule has 4 atom stereocenters. The standard InChI is InChI=1S/C45H53N9O6/c1-26(2)39(51-44(57)59-6)42(55)53(24-28(5)21-46)25-38-47-22-35(49-38)30-12-10-29(11-13-30)31-14-15-33-20-34(17-16-32(33)19-31)36-23-48-41(50-36)37-9-8-18-54(37)43(56)40(27(3)4)52-45(58)60-7/h10-17,19-20,22-23,26-28,37,39-40H,8-9,18,24-25H2,1-7H3,(H,47,49)(H,48,50)(H,51,57)(H,52,58)/t28-,37-,39-,40-/m0/s1. The van der Waals surface area contributed by atoms with Crippen LogP contribution in [0.25, 0.3) is 44.4 Å². The first kappa shape index (κ1) is 42.9. The zero-order valence-electron chi connectivity index (χ0n) is 35.1. The average Bonchev–Trinajstić information content (AvgIpc) is 4.05. The second-order valence-electron chi connectivity index (χ2n) is 15.9. The van der Waals surface area contributed by atoms with Gasteiger partial charge in [-0.05, 0) is 71.2 Å². The van der Waals surface area contributed by atoms with E-state index in [-0.39, 0.29) is 42.8 Å². The molecule has 1 aliphatic heterocycles. The van der Waals surface area contributed by atoms with Crippen molar-refractivity contribution < 1.29 is 28.7 Å². The number of rotatable bonds is 14. The molecule has 1 aliphatic rings. The van der Waals surface area contributed by atoms with Crippen molar-refractivity contribution in [3.63, 3.8) is 0 Å². The number of benzene rings is 3. The van der Waals surface area contributed by atoms with Gasteiger partial charge in [-0.25, -0.2) is 19.6 Å². The van der Waals surface area contributed by atoms with Crippen molar-refractivity contribution >= 4 is 34.8 Å². The summed E-state index contributed by atoms with van der Waals surface area (Å²) in [6.07, 6.45) is 3.81. The number of aromatic nitrogens is 4. The molecule has 4 amide bonds. The van der Waals surface area contributed by atoms with Crippen molar-refractivity contribution in [2.45, 2.75) is 72.1 Å². The number of imidazole rings is 2. The Bertz CT molecular complexity index is 2360. The smallest absolute Gasteiger partial charge is 0.407 e. The van der Waals surface area contributed by atoms with Gasteiger partial charge in [-0.3, -0.25) is 9.59 Å². The van der Waals surface area contributed by atoms with Crippen molar-refractivity contribution in [2.24, 2.45) is 17.8 Å². The molecule has 3 aromatic carbocycles. The number of methoxy groups -OCH3 is 2. The number of nitriles is 1. The number of ether oxygens (including phenoxy) is 2. The number of nitrogens with one attached hydrogen (secondary N) is 4. The van der Waals surface area contributed by atoms with Gasteiger partial charge in [0, 0.05) is 18.7 Å². The van der Waals surface area contributed by atoms with Crippen molar-refractivity contribution in [3.05, 3.63) is 84.7 Å². The number of likely N-dealkylation sites (tertiary alicyclic amines) is 1. The van der Waals surface area contributed by atoms with Crippen LogP contribution < -0.4 is 10.6 Å². The maximum absolute atomic E-state index is 13.6. The summed E-state index contributed by atoms with van der Waals surface area (Å²) in [6, 6.07) is 21.2. The van der Waals surface area contributed by atoms with Gasteiger partial charge in [0.05, 0.1) is 62.6 Å². The topological polar surface area (TPSA) is 198 Å². The lowest BCUT2D eigenvalue weighted by Gasteiger charge is -2.30. The van der Waals surface area contributed by atoms with Crippen LogP contribution in [-0.4, -0.2) is 93.1 Å². The van der Waals surface area contributed by atoms with E-state index in [9.17, 15) is 24.4 Å². The van der Waals surface area contributed by atoms with E-state index in [1.807, 2.05) is 39.8 Å². The summed E-state index contributed by atoms with van der Waals surface area (Å²) in [5, 5.41) is 17.0. The number of nitrogens with zero attached hydrogens (tertiary/aromatic N) is 5. The lowest BCUT2D eigenvalue weighted by Crippen LogP contribution is -2.51. The third-order valence-electron chi connectivity index (χ3n) is 10.9.